The largest absolute Gasteiger partial charge is 0.480 e. The first kappa shape index (κ1) is 13.0. The highest BCUT2D eigenvalue weighted by Crippen LogP contribution is 2.29. The van der Waals surface area contributed by atoms with Crippen molar-refractivity contribution >= 4 is 16.0 Å². The molecular weight excluding hydrogens is 260 g/mol. The van der Waals surface area contributed by atoms with Crippen LogP contribution in [0.4, 0.5) is 0 Å². The minimum absolute atomic E-state index is 0.0179. The van der Waals surface area contributed by atoms with Crippen molar-refractivity contribution < 1.29 is 22.8 Å². The third-order valence-corrected chi connectivity index (χ3v) is 5.18. The zero-order valence-electron chi connectivity index (χ0n) is 10.1. The number of hydrogen-bond donors (Lipinski definition) is 1. The third kappa shape index (κ3) is 1.91. The lowest BCUT2D eigenvalue weighted by Gasteiger charge is -2.20. The molecule has 18 heavy (non-hydrogen) atoms. The third-order valence-electron chi connectivity index (χ3n) is 3.02. The van der Waals surface area contributed by atoms with Crippen LogP contribution >= 0.6 is 0 Å². The van der Waals surface area contributed by atoms with E-state index in [1.54, 1.807) is 0 Å². The van der Waals surface area contributed by atoms with E-state index in [-0.39, 0.29) is 22.9 Å². The first-order valence-electron chi connectivity index (χ1n) is 5.53. The summed E-state index contributed by atoms with van der Waals surface area (Å²) in [6.45, 7) is 3.23. The molecule has 8 heteroatoms. The van der Waals surface area contributed by atoms with Gasteiger partial charge in [0.05, 0.1) is 0 Å². The van der Waals surface area contributed by atoms with E-state index in [0.717, 1.165) is 4.31 Å². The van der Waals surface area contributed by atoms with Crippen LogP contribution in [0, 0.1) is 13.8 Å². The number of aromatic nitrogens is 1. The summed E-state index contributed by atoms with van der Waals surface area (Å²) in [6.07, 6.45) is 0.873. The molecule has 0 aliphatic carbocycles. The van der Waals surface area contributed by atoms with E-state index in [4.69, 9.17) is 9.63 Å². The van der Waals surface area contributed by atoms with Crippen LogP contribution in [0.15, 0.2) is 9.42 Å². The van der Waals surface area contributed by atoms with Gasteiger partial charge in [0.1, 0.15) is 16.6 Å². The topological polar surface area (TPSA) is 101 Å². The van der Waals surface area contributed by atoms with Crippen LogP contribution in [-0.4, -0.2) is 41.5 Å². The predicted molar refractivity (Wildman–Crippen MR) is 60.5 cm³/mol. The molecule has 1 aromatic rings. The number of carboxylic acids is 1. The second kappa shape index (κ2) is 4.36. The van der Waals surface area contributed by atoms with E-state index >= 15 is 0 Å². The average molecular weight is 274 g/mol. The van der Waals surface area contributed by atoms with E-state index in [1.807, 2.05) is 0 Å². The maximum atomic E-state index is 12.4. The molecule has 0 amide bonds. The fourth-order valence-corrected chi connectivity index (χ4v) is 4.18. The number of hydrogen-bond acceptors (Lipinski definition) is 5. The number of aryl methyl sites for hydroxylation is 2. The smallest absolute Gasteiger partial charge is 0.322 e. The van der Waals surface area contributed by atoms with Crippen molar-refractivity contribution in [2.24, 2.45) is 0 Å². The van der Waals surface area contributed by atoms with Crippen molar-refractivity contribution in [3.8, 4) is 0 Å². The Morgan fingerprint density at radius 1 is 1.50 bits per heavy atom. The fourth-order valence-electron chi connectivity index (χ4n) is 2.23. The van der Waals surface area contributed by atoms with Crippen molar-refractivity contribution in [1.29, 1.82) is 0 Å². The van der Waals surface area contributed by atoms with Crippen LogP contribution in [0.3, 0.4) is 0 Å². The molecular formula is C10H14N2O5S. The Morgan fingerprint density at radius 3 is 2.67 bits per heavy atom. The van der Waals surface area contributed by atoms with Gasteiger partial charge in [0, 0.05) is 6.54 Å². The van der Waals surface area contributed by atoms with E-state index in [1.165, 1.54) is 13.8 Å². The number of carboxylic acid groups (broad SMARTS) is 1. The molecule has 1 fully saturated rings. The standard InChI is InChI=1S/C10H14N2O5S/c1-6-9(7(2)17-11-6)18(15,16)12-5-3-4-8(12)10(13)14/h8H,3-5H2,1-2H3,(H,13,14)/t8-/m1/s1. The molecule has 2 heterocycles. The molecule has 0 aromatic carbocycles. The quantitative estimate of drug-likeness (QED) is 0.862. The van der Waals surface area contributed by atoms with Gasteiger partial charge in [-0.05, 0) is 26.7 Å². The van der Waals surface area contributed by atoms with Crippen LogP contribution in [0.2, 0.25) is 0 Å². The van der Waals surface area contributed by atoms with Crippen molar-refractivity contribution in [2.45, 2.75) is 37.6 Å². The zero-order chi connectivity index (χ0) is 13.5. The zero-order valence-corrected chi connectivity index (χ0v) is 10.9. The molecule has 0 spiro atoms. The second-order valence-corrected chi connectivity index (χ2v) is 6.09. The molecule has 100 valence electrons. The Morgan fingerprint density at radius 2 is 2.17 bits per heavy atom. The molecule has 1 aromatic heterocycles. The maximum Gasteiger partial charge on any atom is 0.322 e. The number of aliphatic carboxylic acids is 1. The van der Waals surface area contributed by atoms with Gasteiger partial charge >= 0.3 is 5.97 Å². The summed E-state index contributed by atoms with van der Waals surface area (Å²) < 4.78 is 30.7. The first-order valence-corrected chi connectivity index (χ1v) is 6.97. The van der Waals surface area contributed by atoms with Gasteiger partial charge in [0.25, 0.3) is 0 Å². The van der Waals surface area contributed by atoms with Crippen LogP contribution in [-0.2, 0) is 14.8 Å². The summed E-state index contributed by atoms with van der Waals surface area (Å²) in [5, 5.41) is 12.6. The van der Waals surface area contributed by atoms with Gasteiger partial charge in [0.2, 0.25) is 10.0 Å². The minimum Gasteiger partial charge on any atom is -0.480 e. The molecule has 1 aliphatic rings. The van der Waals surface area contributed by atoms with Crippen molar-refractivity contribution in [3.05, 3.63) is 11.5 Å². The van der Waals surface area contributed by atoms with Crippen molar-refractivity contribution in [2.75, 3.05) is 6.54 Å². The van der Waals surface area contributed by atoms with Crippen molar-refractivity contribution in [3.63, 3.8) is 0 Å². The van der Waals surface area contributed by atoms with Crippen LogP contribution in [0.1, 0.15) is 24.3 Å². The summed E-state index contributed by atoms with van der Waals surface area (Å²) in [5.74, 6) is -0.939. The van der Waals surface area contributed by atoms with Gasteiger partial charge in [-0.3, -0.25) is 4.79 Å². The number of carbonyl (C=O) groups is 1. The van der Waals surface area contributed by atoms with Gasteiger partial charge in [-0.15, -0.1) is 0 Å². The summed E-state index contributed by atoms with van der Waals surface area (Å²) in [5.41, 5.74) is 0.253. The maximum absolute atomic E-state index is 12.4. The predicted octanol–water partition coefficient (Wildman–Crippen LogP) is 0.529. The van der Waals surface area contributed by atoms with E-state index in [9.17, 15) is 13.2 Å². The average Bonchev–Trinajstić information content (AvgIpc) is 2.85. The Balaban J connectivity index is 2.46. The lowest BCUT2D eigenvalue weighted by molar-refractivity contribution is -0.140. The van der Waals surface area contributed by atoms with E-state index in [2.05, 4.69) is 5.16 Å². The highest BCUT2D eigenvalue weighted by Gasteiger charge is 2.41. The van der Waals surface area contributed by atoms with Gasteiger partial charge in [-0.2, -0.15) is 4.31 Å². The van der Waals surface area contributed by atoms with Crippen LogP contribution in [0.5, 0.6) is 0 Å². The Bertz CT molecular complexity index is 558. The van der Waals surface area contributed by atoms with Crippen LogP contribution < -0.4 is 0 Å². The SMILES string of the molecule is Cc1noc(C)c1S(=O)(=O)N1CCC[C@@H]1C(=O)O. The number of nitrogens with zero attached hydrogens (tertiary/aromatic N) is 2. The van der Waals surface area contributed by atoms with Gasteiger partial charge in [0.15, 0.2) is 5.76 Å². The molecule has 2 rings (SSSR count). The van der Waals surface area contributed by atoms with Crippen molar-refractivity contribution in [1.82, 2.24) is 9.46 Å². The van der Waals surface area contributed by atoms with Gasteiger partial charge in [-0.25, -0.2) is 8.42 Å². The van der Waals surface area contributed by atoms with E-state index < -0.39 is 22.0 Å². The summed E-state index contributed by atoms with van der Waals surface area (Å²) in [6, 6.07) is -0.997. The van der Waals surface area contributed by atoms with Crippen LogP contribution in [0.25, 0.3) is 0 Å². The van der Waals surface area contributed by atoms with Gasteiger partial charge in [-0.1, -0.05) is 5.16 Å². The summed E-state index contributed by atoms with van der Waals surface area (Å²) >= 11 is 0. The number of sulfonamides is 1. The molecule has 0 saturated carbocycles. The first-order chi connectivity index (χ1) is 8.35. The Kier molecular flexibility index (Phi) is 3.16. The molecule has 0 radical (unpaired) electrons. The molecule has 0 unspecified atom stereocenters. The second-order valence-electron chi connectivity index (χ2n) is 4.27. The summed E-state index contributed by atoms with van der Waals surface area (Å²) in [4.78, 5) is 11.0. The minimum atomic E-state index is -3.85. The monoisotopic (exact) mass is 274 g/mol. The normalized spacial score (nSPS) is 21.3. The lowest BCUT2D eigenvalue weighted by atomic mass is 10.2. The molecule has 1 saturated heterocycles. The van der Waals surface area contributed by atoms with E-state index in [0.29, 0.717) is 12.8 Å². The lowest BCUT2D eigenvalue weighted by Crippen LogP contribution is -2.40. The summed E-state index contributed by atoms with van der Waals surface area (Å²) in [7, 11) is -3.85. The molecule has 7 nitrogen and oxygen atoms in total. The van der Waals surface area contributed by atoms with Gasteiger partial charge < -0.3 is 9.63 Å². The Hall–Kier alpha value is -1.41. The fraction of sp³-hybridized carbons (Fsp3) is 0.600. The highest BCUT2D eigenvalue weighted by atomic mass is 32.2. The molecule has 1 N–H and O–H groups in total. The molecule has 1 atom stereocenters. The highest BCUT2D eigenvalue weighted by molar-refractivity contribution is 7.89. The number of rotatable bonds is 3. The Labute approximate surface area is 104 Å². The molecule has 0 bridgehead atoms. The molecule has 1 aliphatic heterocycles.